The van der Waals surface area contributed by atoms with Gasteiger partial charge in [0.2, 0.25) is 0 Å². The first-order chi connectivity index (χ1) is 16.0. The highest BCUT2D eigenvalue weighted by molar-refractivity contribution is 6.35. The van der Waals surface area contributed by atoms with Gasteiger partial charge in [0.1, 0.15) is 5.70 Å². The molecule has 1 saturated heterocycles. The molecule has 0 bridgehead atoms. The average Bonchev–Trinajstić information content (AvgIpc) is 3.01. The Morgan fingerprint density at radius 2 is 1.82 bits per heavy atom. The lowest BCUT2D eigenvalue weighted by Crippen LogP contribution is -2.45. The minimum Gasteiger partial charge on any atom is -0.362 e. The zero-order valence-corrected chi connectivity index (χ0v) is 21.6. The molecule has 2 aliphatic rings. The molecule has 178 valence electrons. The molecule has 7 heteroatoms. The number of nitrogens with one attached hydrogen (secondary N) is 1. The van der Waals surface area contributed by atoms with Gasteiger partial charge in [-0.05, 0) is 86.7 Å². The Kier molecular flexibility index (Phi) is 6.54. The summed E-state index contributed by atoms with van der Waals surface area (Å²) in [5, 5.41) is 3.63. The number of amides is 3. The SMILES string of the molecule is CCCN1c2cc(C)c(/C=C3/NC(=O)N(Cc4ccc(Cl)cc4Cl)C3=O)cc2C(C)=CC1(C)C. The second-order valence-corrected chi connectivity index (χ2v) is 10.3. The van der Waals surface area contributed by atoms with Crippen molar-refractivity contribution in [2.24, 2.45) is 0 Å². The third-order valence-electron chi connectivity index (χ3n) is 6.42. The second-order valence-electron chi connectivity index (χ2n) is 9.47. The summed E-state index contributed by atoms with van der Waals surface area (Å²) in [6, 6.07) is 8.84. The van der Waals surface area contributed by atoms with E-state index in [1.807, 2.05) is 6.92 Å². The first-order valence-electron chi connectivity index (χ1n) is 11.4. The zero-order valence-electron chi connectivity index (χ0n) is 20.1. The Morgan fingerprint density at radius 3 is 2.50 bits per heavy atom. The molecule has 2 heterocycles. The van der Waals surface area contributed by atoms with Gasteiger partial charge in [0.25, 0.3) is 5.91 Å². The van der Waals surface area contributed by atoms with Crippen LogP contribution in [0.15, 0.2) is 42.1 Å². The molecule has 1 N–H and O–H groups in total. The second kappa shape index (κ2) is 9.12. The van der Waals surface area contributed by atoms with Crippen molar-refractivity contribution in [3.05, 3.63) is 74.4 Å². The molecule has 0 unspecified atom stereocenters. The zero-order chi connectivity index (χ0) is 24.8. The molecule has 0 saturated carbocycles. The summed E-state index contributed by atoms with van der Waals surface area (Å²) in [6.45, 7) is 11.8. The van der Waals surface area contributed by atoms with Crippen LogP contribution in [0.3, 0.4) is 0 Å². The van der Waals surface area contributed by atoms with Gasteiger partial charge in [0.15, 0.2) is 0 Å². The summed E-state index contributed by atoms with van der Waals surface area (Å²) in [7, 11) is 0. The van der Waals surface area contributed by atoms with E-state index in [1.54, 1.807) is 24.3 Å². The number of hydrogen-bond acceptors (Lipinski definition) is 3. The van der Waals surface area contributed by atoms with E-state index >= 15 is 0 Å². The van der Waals surface area contributed by atoms with E-state index in [0.29, 0.717) is 15.6 Å². The maximum absolute atomic E-state index is 13.1. The fraction of sp³-hybridized carbons (Fsp3) is 0.333. The maximum atomic E-state index is 13.1. The molecule has 0 spiro atoms. The van der Waals surface area contributed by atoms with Crippen LogP contribution in [0.5, 0.6) is 0 Å². The molecular weight excluding hydrogens is 469 g/mol. The molecule has 2 aromatic carbocycles. The summed E-state index contributed by atoms with van der Waals surface area (Å²) in [5.74, 6) is -0.380. The van der Waals surface area contributed by atoms with Crippen LogP contribution in [0, 0.1) is 6.92 Å². The number of nitrogens with zero attached hydrogens (tertiary/aromatic N) is 2. The number of imide groups is 1. The van der Waals surface area contributed by atoms with Gasteiger partial charge in [-0.25, -0.2) is 4.79 Å². The Balaban J connectivity index is 1.66. The molecule has 34 heavy (non-hydrogen) atoms. The molecule has 4 rings (SSSR count). The number of urea groups is 1. The van der Waals surface area contributed by atoms with Gasteiger partial charge in [-0.2, -0.15) is 0 Å². The van der Waals surface area contributed by atoms with Gasteiger partial charge < -0.3 is 10.2 Å². The lowest BCUT2D eigenvalue weighted by molar-refractivity contribution is -0.123. The summed E-state index contributed by atoms with van der Waals surface area (Å²) in [6.07, 6.45) is 5.10. The molecule has 0 radical (unpaired) electrons. The van der Waals surface area contributed by atoms with E-state index in [-0.39, 0.29) is 23.7 Å². The summed E-state index contributed by atoms with van der Waals surface area (Å²) >= 11 is 12.2. The van der Waals surface area contributed by atoms with Crippen molar-refractivity contribution in [3.63, 3.8) is 0 Å². The fourth-order valence-electron chi connectivity index (χ4n) is 4.72. The lowest BCUT2D eigenvalue weighted by atomic mass is 9.86. The van der Waals surface area contributed by atoms with Crippen LogP contribution < -0.4 is 10.2 Å². The largest absolute Gasteiger partial charge is 0.362 e. The standard InChI is InChI=1S/C27H29Cl2N3O2/c1-6-9-32-24-10-16(2)19(11-21(24)17(3)14-27(32,4)5)12-23-25(33)31(26(34)30-23)15-18-7-8-20(28)13-22(18)29/h7-8,10-14H,6,9,15H2,1-5H3,(H,30,34)/b23-12+. The Labute approximate surface area is 211 Å². The minimum atomic E-state index is -0.468. The van der Waals surface area contributed by atoms with E-state index in [9.17, 15) is 9.59 Å². The van der Waals surface area contributed by atoms with Crippen molar-refractivity contribution in [1.29, 1.82) is 0 Å². The van der Waals surface area contributed by atoms with Crippen LogP contribution in [0.25, 0.3) is 11.6 Å². The number of rotatable bonds is 5. The van der Waals surface area contributed by atoms with Crippen molar-refractivity contribution >= 4 is 52.5 Å². The van der Waals surface area contributed by atoms with Crippen LogP contribution in [-0.2, 0) is 11.3 Å². The van der Waals surface area contributed by atoms with Crippen LogP contribution >= 0.6 is 23.2 Å². The van der Waals surface area contributed by atoms with E-state index in [1.165, 1.54) is 11.3 Å². The maximum Gasteiger partial charge on any atom is 0.329 e. The number of carbonyl (C=O) groups excluding carboxylic acids is 2. The highest BCUT2D eigenvalue weighted by Crippen LogP contribution is 2.40. The predicted molar refractivity (Wildman–Crippen MR) is 140 cm³/mol. The highest BCUT2D eigenvalue weighted by atomic mass is 35.5. The summed E-state index contributed by atoms with van der Waals surface area (Å²) < 4.78 is 0. The van der Waals surface area contributed by atoms with Crippen molar-refractivity contribution in [3.8, 4) is 0 Å². The molecule has 2 aliphatic heterocycles. The molecule has 1 fully saturated rings. The number of hydrogen-bond donors (Lipinski definition) is 1. The van der Waals surface area contributed by atoms with Gasteiger partial charge in [0.05, 0.1) is 12.1 Å². The monoisotopic (exact) mass is 497 g/mol. The number of allylic oxidation sites excluding steroid dienone is 1. The van der Waals surface area contributed by atoms with E-state index in [4.69, 9.17) is 23.2 Å². The Morgan fingerprint density at radius 1 is 1.09 bits per heavy atom. The lowest BCUT2D eigenvalue weighted by Gasteiger charge is -2.43. The first kappa shape index (κ1) is 24.4. The minimum absolute atomic E-state index is 0.0711. The summed E-state index contributed by atoms with van der Waals surface area (Å²) in [4.78, 5) is 29.3. The molecule has 2 aromatic rings. The van der Waals surface area contributed by atoms with Gasteiger partial charge in [-0.3, -0.25) is 9.69 Å². The van der Waals surface area contributed by atoms with Gasteiger partial charge >= 0.3 is 6.03 Å². The van der Waals surface area contributed by atoms with Gasteiger partial charge in [-0.1, -0.05) is 42.3 Å². The molecule has 0 aliphatic carbocycles. The van der Waals surface area contributed by atoms with Crippen LogP contribution in [0.2, 0.25) is 10.0 Å². The number of aryl methyl sites for hydroxylation is 1. The number of halogens is 2. The highest BCUT2D eigenvalue weighted by Gasteiger charge is 2.35. The van der Waals surface area contributed by atoms with Gasteiger partial charge in [-0.15, -0.1) is 0 Å². The molecule has 5 nitrogen and oxygen atoms in total. The third-order valence-corrected chi connectivity index (χ3v) is 7.01. The molecular formula is C27H29Cl2N3O2. The third kappa shape index (κ3) is 4.47. The van der Waals surface area contributed by atoms with E-state index in [0.717, 1.165) is 34.6 Å². The molecule has 0 aromatic heterocycles. The quantitative estimate of drug-likeness (QED) is 0.364. The number of benzene rings is 2. The van der Waals surface area contributed by atoms with Crippen molar-refractivity contribution < 1.29 is 9.59 Å². The fourth-order valence-corrected chi connectivity index (χ4v) is 5.19. The van der Waals surface area contributed by atoms with Crippen LogP contribution in [0.4, 0.5) is 10.5 Å². The van der Waals surface area contributed by atoms with Crippen molar-refractivity contribution in [1.82, 2.24) is 10.2 Å². The van der Waals surface area contributed by atoms with Crippen LogP contribution in [0.1, 0.15) is 56.4 Å². The predicted octanol–water partition coefficient (Wildman–Crippen LogP) is 6.81. The first-order valence-corrected chi connectivity index (χ1v) is 12.2. The number of anilines is 1. The summed E-state index contributed by atoms with van der Waals surface area (Å²) in [5.41, 5.74) is 6.32. The number of carbonyl (C=O) groups is 2. The molecule has 0 atom stereocenters. The Hall–Kier alpha value is -2.76. The number of fused-ring (bicyclic) bond motifs is 1. The van der Waals surface area contributed by atoms with Crippen molar-refractivity contribution in [2.45, 2.75) is 53.1 Å². The smallest absolute Gasteiger partial charge is 0.329 e. The normalized spacial score (nSPS) is 18.3. The van der Waals surface area contributed by atoms with E-state index in [2.05, 4.69) is 56.1 Å². The topological polar surface area (TPSA) is 52.7 Å². The van der Waals surface area contributed by atoms with Crippen LogP contribution in [-0.4, -0.2) is 28.9 Å². The average molecular weight is 498 g/mol. The molecule has 3 amide bonds. The van der Waals surface area contributed by atoms with E-state index < -0.39 is 6.03 Å². The van der Waals surface area contributed by atoms with Crippen molar-refractivity contribution in [2.75, 3.05) is 11.4 Å². The Bertz CT molecular complexity index is 1250. The van der Waals surface area contributed by atoms with Gasteiger partial charge in [0, 0.05) is 27.8 Å².